The van der Waals surface area contributed by atoms with Gasteiger partial charge in [-0.05, 0) is 6.07 Å². The lowest BCUT2D eigenvalue weighted by atomic mass is 10.2. The van der Waals surface area contributed by atoms with Crippen molar-refractivity contribution >= 4 is 11.7 Å². The summed E-state index contributed by atoms with van der Waals surface area (Å²) < 4.78 is 13.9. The SMILES string of the molecule is CN(Cc1ncn[nH]1)C(=O)c1ccnc(NN)c1F. The van der Waals surface area contributed by atoms with Gasteiger partial charge in [0, 0.05) is 13.2 Å². The summed E-state index contributed by atoms with van der Waals surface area (Å²) in [4.78, 5) is 20.9. The first-order chi connectivity index (χ1) is 9.13. The molecule has 0 aliphatic carbocycles. The summed E-state index contributed by atoms with van der Waals surface area (Å²) in [7, 11) is 1.53. The number of hydrazine groups is 1. The summed E-state index contributed by atoms with van der Waals surface area (Å²) >= 11 is 0. The highest BCUT2D eigenvalue weighted by Gasteiger charge is 2.19. The largest absolute Gasteiger partial charge is 0.334 e. The molecule has 1 amide bonds. The molecule has 2 aromatic heterocycles. The zero-order chi connectivity index (χ0) is 13.8. The minimum Gasteiger partial charge on any atom is -0.334 e. The zero-order valence-corrected chi connectivity index (χ0v) is 10.1. The van der Waals surface area contributed by atoms with Gasteiger partial charge in [0.15, 0.2) is 11.6 Å². The quantitative estimate of drug-likeness (QED) is 0.525. The molecule has 0 radical (unpaired) electrons. The van der Waals surface area contributed by atoms with Crippen molar-refractivity contribution in [2.24, 2.45) is 5.84 Å². The van der Waals surface area contributed by atoms with Gasteiger partial charge >= 0.3 is 0 Å². The number of carbonyl (C=O) groups is 1. The van der Waals surface area contributed by atoms with Crippen LogP contribution < -0.4 is 11.3 Å². The Labute approximate surface area is 107 Å². The van der Waals surface area contributed by atoms with Crippen LogP contribution in [0.1, 0.15) is 16.2 Å². The van der Waals surface area contributed by atoms with Crippen LogP contribution in [-0.2, 0) is 6.54 Å². The first-order valence-corrected chi connectivity index (χ1v) is 5.34. The number of nitrogens with two attached hydrogens (primary N) is 1. The van der Waals surface area contributed by atoms with E-state index < -0.39 is 11.7 Å². The van der Waals surface area contributed by atoms with E-state index in [0.717, 1.165) is 0 Å². The molecule has 0 unspecified atom stereocenters. The van der Waals surface area contributed by atoms with Crippen molar-refractivity contribution < 1.29 is 9.18 Å². The second-order valence-electron chi connectivity index (χ2n) is 3.76. The molecule has 0 aliphatic heterocycles. The molecule has 2 heterocycles. The van der Waals surface area contributed by atoms with Crippen LogP contribution in [0.5, 0.6) is 0 Å². The molecule has 9 heteroatoms. The molecule has 8 nitrogen and oxygen atoms in total. The van der Waals surface area contributed by atoms with Crippen molar-refractivity contribution in [3.05, 3.63) is 35.8 Å². The first kappa shape index (κ1) is 12.9. The predicted molar refractivity (Wildman–Crippen MR) is 64.2 cm³/mol. The second-order valence-corrected chi connectivity index (χ2v) is 3.76. The molecule has 0 saturated heterocycles. The number of amides is 1. The number of H-pyrrole nitrogens is 1. The van der Waals surface area contributed by atoms with Crippen molar-refractivity contribution in [3.8, 4) is 0 Å². The summed E-state index contributed by atoms with van der Waals surface area (Å²) in [6.45, 7) is 0.186. The van der Waals surface area contributed by atoms with Crippen molar-refractivity contribution in [2.75, 3.05) is 12.5 Å². The average Bonchev–Trinajstić information content (AvgIpc) is 2.91. The fourth-order valence-corrected chi connectivity index (χ4v) is 1.52. The molecule has 0 fully saturated rings. The number of nitrogens with one attached hydrogen (secondary N) is 2. The van der Waals surface area contributed by atoms with Gasteiger partial charge in [0.25, 0.3) is 5.91 Å². The molecule has 0 spiro atoms. The smallest absolute Gasteiger partial charge is 0.257 e. The van der Waals surface area contributed by atoms with Crippen molar-refractivity contribution in [3.63, 3.8) is 0 Å². The standard InChI is InChI=1S/C10H12FN7O/c1-18(4-7-14-5-15-17-7)10(19)6-2-3-13-9(16-12)8(6)11/h2-3,5H,4,12H2,1H3,(H,13,16)(H,14,15,17). The van der Waals surface area contributed by atoms with E-state index >= 15 is 0 Å². The lowest BCUT2D eigenvalue weighted by Gasteiger charge is -2.16. The van der Waals surface area contributed by atoms with Gasteiger partial charge in [0.05, 0.1) is 12.1 Å². The third-order valence-corrected chi connectivity index (χ3v) is 2.45. The van der Waals surface area contributed by atoms with E-state index in [1.807, 2.05) is 0 Å². The van der Waals surface area contributed by atoms with Crippen LogP contribution in [0.15, 0.2) is 18.6 Å². The molecule has 0 saturated carbocycles. The van der Waals surface area contributed by atoms with Gasteiger partial charge in [0.2, 0.25) is 0 Å². The molecule has 100 valence electrons. The highest BCUT2D eigenvalue weighted by Crippen LogP contribution is 2.16. The van der Waals surface area contributed by atoms with Crippen molar-refractivity contribution in [1.82, 2.24) is 25.1 Å². The summed E-state index contributed by atoms with van der Waals surface area (Å²) in [5.74, 6) is 4.13. The molecule has 0 aromatic carbocycles. The highest BCUT2D eigenvalue weighted by atomic mass is 19.1. The molecular formula is C10H12FN7O. The number of aromatic amines is 1. The first-order valence-electron chi connectivity index (χ1n) is 5.34. The van der Waals surface area contributed by atoms with Gasteiger partial charge in [-0.15, -0.1) is 0 Å². The molecular weight excluding hydrogens is 253 g/mol. The van der Waals surface area contributed by atoms with Crippen LogP contribution in [0.3, 0.4) is 0 Å². The maximum absolute atomic E-state index is 13.9. The van der Waals surface area contributed by atoms with E-state index in [-0.39, 0.29) is 17.9 Å². The van der Waals surface area contributed by atoms with Crippen LogP contribution in [-0.4, -0.2) is 38.0 Å². The van der Waals surface area contributed by atoms with E-state index in [1.165, 1.54) is 30.5 Å². The van der Waals surface area contributed by atoms with E-state index in [1.54, 1.807) is 0 Å². The van der Waals surface area contributed by atoms with Gasteiger partial charge in [-0.3, -0.25) is 9.89 Å². The number of nitrogen functional groups attached to an aromatic ring is 1. The van der Waals surface area contributed by atoms with Crippen LogP contribution >= 0.6 is 0 Å². The summed E-state index contributed by atoms with van der Waals surface area (Å²) in [5, 5.41) is 6.29. The van der Waals surface area contributed by atoms with Crippen LogP contribution in [0.25, 0.3) is 0 Å². The van der Waals surface area contributed by atoms with Crippen LogP contribution in [0.4, 0.5) is 10.2 Å². The van der Waals surface area contributed by atoms with Gasteiger partial charge in [-0.1, -0.05) is 0 Å². The van der Waals surface area contributed by atoms with Crippen molar-refractivity contribution in [1.29, 1.82) is 0 Å². The number of halogens is 1. The maximum atomic E-state index is 13.9. The van der Waals surface area contributed by atoms with Crippen molar-refractivity contribution in [2.45, 2.75) is 6.54 Å². The second kappa shape index (κ2) is 5.40. The van der Waals surface area contributed by atoms with Gasteiger partial charge in [-0.25, -0.2) is 20.2 Å². The fourth-order valence-electron chi connectivity index (χ4n) is 1.52. The molecule has 4 N–H and O–H groups in total. The Kier molecular flexibility index (Phi) is 3.66. The molecule has 0 aliphatic rings. The zero-order valence-electron chi connectivity index (χ0n) is 10.1. The van der Waals surface area contributed by atoms with Gasteiger partial charge < -0.3 is 10.3 Å². The minimum atomic E-state index is -0.792. The number of pyridine rings is 1. The van der Waals surface area contributed by atoms with E-state index in [2.05, 4.69) is 25.6 Å². The molecule has 2 rings (SSSR count). The number of nitrogens with zero attached hydrogens (tertiary/aromatic N) is 4. The topological polar surface area (TPSA) is 113 Å². The predicted octanol–water partition coefficient (Wildman–Crippen LogP) is -0.103. The maximum Gasteiger partial charge on any atom is 0.257 e. The number of hydrogen-bond acceptors (Lipinski definition) is 6. The minimum absolute atomic E-state index is 0.120. The Bertz CT molecular complexity index is 571. The number of rotatable bonds is 4. The van der Waals surface area contributed by atoms with E-state index in [4.69, 9.17) is 5.84 Å². The highest BCUT2D eigenvalue weighted by molar-refractivity contribution is 5.94. The third-order valence-electron chi connectivity index (χ3n) is 2.45. The summed E-state index contributed by atoms with van der Waals surface area (Å²) in [6, 6.07) is 1.29. The van der Waals surface area contributed by atoms with Gasteiger partial charge in [0.1, 0.15) is 12.2 Å². The van der Waals surface area contributed by atoms with E-state index in [9.17, 15) is 9.18 Å². The lowest BCUT2D eigenvalue weighted by Crippen LogP contribution is -2.28. The van der Waals surface area contributed by atoms with E-state index in [0.29, 0.717) is 5.82 Å². The molecule has 0 bridgehead atoms. The van der Waals surface area contributed by atoms with Crippen LogP contribution in [0, 0.1) is 5.82 Å². The Hall–Kier alpha value is -2.55. The monoisotopic (exact) mass is 265 g/mol. The summed E-state index contributed by atoms with van der Waals surface area (Å²) in [6.07, 6.45) is 2.63. The van der Waals surface area contributed by atoms with Gasteiger partial charge in [-0.2, -0.15) is 5.10 Å². The molecule has 0 atom stereocenters. The molecule has 19 heavy (non-hydrogen) atoms. The summed E-state index contributed by atoms with van der Waals surface area (Å²) in [5.41, 5.74) is 1.97. The Morgan fingerprint density at radius 1 is 1.58 bits per heavy atom. The Morgan fingerprint density at radius 3 is 3.00 bits per heavy atom. The Balaban J connectivity index is 2.19. The number of anilines is 1. The number of aromatic nitrogens is 4. The fraction of sp³-hybridized carbons (Fsp3) is 0.200. The lowest BCUT2D eigenvalue weighted by molar-refractivity contribution is 0.0777. The van der Waals surface area contributed by atoms with Crippen LogP contribution in [0.2, 0.25) is 0 Å². The number of carbonyl (C=O) groups excluding carboxylic acids is 1. The Morgan fingerprint density at radius 2 is 2.37 bits per heavy atom. The normalized spacial score (nSPS) is 10.3. The number of hydrogen-bond donors (Lipinski definition) is 3. The average molecular weight is 265 g/mol. The third kappa shape index (κ3) is 2.65. The molecule has 2 aromatic rings.